The van der Waals surface area contributed by atoms with Gasteiger partial charge in [-0.1, -0.05) is 30.3 Å². The molecular weight excluding hydrogens is 390 g/mol. The van der Waals surface area contributed by atoms with Crippen molar-refractivity contribution in [3.05, 3.63) is 35.9 Å². The van der Waals surface area contributed by atoms with E-state index in [0.717, 1.165) is 5.56 Å². The highest BCUT2D eigenvalue weighted by Gasteiger charge is 2.08. The number of hydrogen-bond acceptors (Lipinski definition) is 11. The maximum atomic E-state index is 9.54. The lowest BCUT2D eigenvalue weighted by atomic mass is 10.2. The van der Waals surface area contributed by atoms with Gasteiger partial charge >= 0.3 is 0 Å². The van der Waals surface area contributed by atoms with Crippen LogP contribution in [-0.4, -0.2) is 83.9 Å². The standard InChI is InChI=1S/C19H31N7O4/c20-6-8-29-10-11-30-9-7-21-17-24-18(22-12-15-4-2-1-3-5-15)26-19(25-17)23-13-16(28)14-27/h1-5,16,27-28H,6-14,20H2,(H3,21,22,23,24,25,26). The summed E-state index contributed by atoms with van der Waals surface area (Å²) in [6, 6.07) is 9.87. The van der Waals surface area contributed by atoms with E-state index in [4.69, 9.17) is 20.3 Å². The van der Waals surface area contributed by atoms with Crippen LogP contribution in [-0.2, 0) is 16.0 Å². The van der Waals surface area contributed by atoms with Crippen LogP contribution in [0.15, 0.2) is 30.3 Å². The van der Waals surface area contributed by atoms with Crippen molar-refractivity contribution >= 4 is 17.8 Å². The molecule has 0 bridgehead atoms. The van der Waals surface area contributed by atoms with Crippen molar-refractivity contribution in [2.24, 2.45) is 5.73 Å². The second kappa shape index (κ2) is 14.4. The Balaban J connectivity index is 1.88. The average molecular weight is 422 g/mol. The van der Waals surface area contributed by atoms with Gasteiger partial charge in [-0.25, -0.2) is 0 Å². The fourth-order valence-corrected chi connectivity index (χ4v) is 2.30. The molecule has 1 aromatic heterocycles. The number of nitrogens with one attached hydrogen (secondary N) is 3. The van der Waals surface area contributed by atoms with E-state index in [9.17, 15) is 5.11 Å². The van der Waals surface area contributed by atoms with Gasteiger partial charge in [-0.05, 0) is 5.56 Å². The quantitative estimate of drug-likeness (QED) is 0.197. The van der Waals surface area contributed by atoms with E-state index in [1.54, 1.807) is 0 Å². The molecule has 30 heavy (non-hydrogen) atoms. The first kappa shape index (κ1) is 23.7. The molecule has 0 amide bonds. The summed E-state index contributed by atoms with van der Waals surface area (Å²) in [5.41, 5.74) is 6.43. The lowest BCUT2D eigenvalue weighted by molar-refractivity contribution is 0.0547. The molecular formula is C19H31N7O4. The molecule has 0 spiro atoms. The van der Waals surface area contributed by atoms with Crippen LogP contribution in [0, 0.1) is 0 Å². The van der Waals surface area contributed by atoms with Crippen molar-refractivity contribution in [3.63, 3.8) is 0 Å². The second-order valence-corrected chi connectivity index (χ2v) is 6.30. The molecule has 1 atom stereocenters. The zero-order valence-corrected chi connectivity index (χ0v) is 17.0. The molecule has 0 aliphatic carbocycles. The van der Waals surface area contributed by atoms with Crippen LogP contribution in [0.3, 0.4) is 0 Å². The normalized spacial score (nSPS) is 11.8. The molecule has 1 heterocycles. The molecule has 0 aliphatic heterocycles. The molecule has 1 unspecified atom stereocenters. The van der Waals surface area contributed by atoms with E-state index >= 15 is 0 Å². The summed E-state index contributed by atoms with van der Waals surface area (Å²) in [4.78, 5) is 13.0. The molecule has 2 rings (SSSR count). The molecule has 7 N–H and O–H groups in total. The maximum Gasteiger partial charge on any atom is 0.229 e. The molecule has 11 heteroatoms. The lowest BCUT2D eigenvalue weighted by Crippen LogP contribution is -2.24. The fraction of sp³-hybridized carbons (Fsp3) is 0.526. The number of aliphatic hydroxyl groups is 2. The van der Waals surface area contributed by atoms with Gasteiger partial charge in [-0.15, -0.1) is 0 Å². The molecule has 1 aromatic carbocycles. The van der Waals surface area contributed by atoms with Crippen LogP contribution in [0.5, 0.6) is 0 Å². The highest BCUT2D eigenvalue weighted by atomic mass is 16.5. The van der Waals surface area contributed by atoms with Crippen molar-refractivity contribution < 1.29 is 19.7 Å². The molecule has 11 nitrogen and oxygen atoms in total. The van der Waals surface area contributed by atoms with Gasteiger partial charge < -0.3 is 41.4 Å². The number of aromatic nitrogens is 3. The van der Waals surface area contributed by atoms with E-state index in [0.29, 0.717) is 58.0 Å². The number of hydrogen-bond donors (Lipinski definition) is 6. The average Bonchev–Trinajstić information content (AvgIpc) is 2.78. The summed E-state index contributed by atoms with van der Waals surface area (Å²) < 4.78 is 10.7. The van der Waals surface area contributed by atoms with Crippen LogP contribution < -0.4 is 21.7 Å². The Morgan fingerprint density at radius 1 is 0.867 bits per heavy atom. The van der Waals surface area contributed by atoms with E-state index < -0.39 is 6.10 Å². The van der Waals surface area contributed by atoms with Crippen LogP contribution in [0.25, 0.3) is 0 Å². The molecule has 0 saturated carbocycles. The summed E-state index contributed by atoms with van der Waals surface area (Å²) in [5, 5.41) is 27.7. The van der Waals surface area contributed by atoms with Gasteiger partial charge in [0.05, 0.1) is 39.1 Å². The molecule has 0 fully saturated rings. The lowest BCUT2D eigenvalue weighted by Gasteiger charge is -2.13. The zero-order chi connectivity index (χ0) is 21.4. The van der Waals surface area contributed by atoms with Gasteiger partial charge in [-0.3, -0.25) is 0 Å². The summed E-state index contributed by atoms with van der Waals surface area (Å²) in [7, 11) is 0. The molecule has 0 saturated heterocycles. The van der Waals surface area contributed by atoms with Gasteiger partial charge in [0, 0.05) is 26.2 Å². The van der Waals surface area contributed by atoms with Gasteiger partial charge in [-0.2, -0.15) is 15.0 Å². The number of nitrogens with two attached hydrogens (primary N) is 1. The summed E-state index contributed by atoms with van der Waals surface area (Å²) in [5.74, 6) is 1.03. The zero-order valence-electron chi connectivity index (χ0n) is 17.0. The van der Waals surface area contributed by atoms with E-state index in [-0.39, 0.29) is 19.1 Å². The largest absolute Gasteiger partial charge is 0.394 e. The summed E-state index contributed by atoms with van der Waals surface area (Å²) >= 11 is 0. The minimum atomic E-state index is -0.909. The first-order valence-corrected chi connectivity index (χ1v) is 9.87. The first-order chi connectivity index (χ1) is 14.7. The van der Waals surface area contributed by atoms with Gasteiger partial charge in [0.2, 0.25) is 17.8 Å². The van der Waals surface area contributed by atoms with Crippen LogP contribution >= 0.6 is 0 Å². The minimum absolute atomic E-state index is 0.115. The molecule has 166 valence electrons. The maximum absolute atomic E-state index is 9.54. The molecule has 0 radical (unpaired) electrons. The van der Waals surface area contributed by atoms with Crippen molar-refractivity contribution in [2.45, 2.75) is 12.6 Å². The van der Waals surface area contributed by atoms with Gasteiger partial charge in [0.15, 0.2) is 0 Å². The number of aliphatic hydroxyl groups excluding tert-OH is 2. The third kappa shape index (κ3) is 9.76. The second-order valence-electron chi connectivity index (χ2n) is 6.30. The predicted octanol–water partition coefficient (Wildman–Crippen LogP) is -0.347. The fourth-order valence-electron chi connectivity index (χ4n) is 2.30. The third-order valence-electron chi connectivity index (χ3n) is 3.80. The Morgan fingerprint density at radius 3 is 2.17 bits per heavy atom. The van der Waals surface area contributed by atoms with E-state index in [1.807, 2.05) is 30.3 Å². The Hall–Kier alpha value is -2.57. The summed E-state index contributed by atoms with van der Waals surface area (Å²) in [6.07, 6.45) is -0.909. The number of nitrogens with zero attached hydrogens (tertiary/aromatic N) is 3. The SMILES string of the molecule is NCCOCCOCCNc1nc(NCc2ccccc2)nc(NCC(O)CO)n1. The van der Waals surface area contributed by atoms with Crippen molar-refractivity contribution in [1.82, 2.24) is 15.0 Å². The first-order valence-electron chi connectivity index (χ1n) is 9.87. The topological polar surface area (TPSA) is 160 Å². The number of anilines is 3. The van der Waals surface area contributed by atoms with Crippen molar-refractivity contribution in [3.8, 4) is 0 Å². The van der Waals surface area contributed by atoms with Crippen molar-refractivity contribution in [1.29, 1.82) is 0 Å². The Labute approximate surface area is 176 Å². The number of ether oxygens (including phenoxy) is 2. The Morgan fingerprint density at radius 2 is 1.50 bits per heavy atom. The highest BCUT2D eigenvalue weighted by molar-refractivity contribution is 5.42. The molecule has 2 aromatic rings. The summed E-state index contributed by atoms with van der Waals surface area (Å²) in [6.45, 7) is 3.26. The highest BCUT2D eigenvalue weighted by Crippen LogP contribution is 2.11. The van der Waals surface area contributed by atoms with Crippen LogP contribution in [0.1, 0.15) is 5.56 Å². The van der Waals surface area contributed by atoms with Gasteiger partial charge in [0.1, 0.15) is 0 Å². The number of rotatable bonds is 16. The van der Waals surface area contributed by atoms with E-state index in [1.165, 1.54) is 0 Å². The smallest absolute Gasteiger partial charge is 0.229 e. The van der Waals surface area contributed by atoms with Crippen LogP contribution in [0.2, 0.25) is 0 Å². The van der Waals surface area contributed by atoms with Gasteiger partial charge in [0.25, 0.3) is 0 Å². The molecule has 0 aliphatic rings. The van der Waals surface area contributed by atoms with Crippen LogP contribution in [0.4, 0.5) is 17.8 Å². The predicted molar refractivity (Wildman–Crippen MR) is 114 cm³/mol. The Kier molecular flexibility index (Phi) is 11.4. The monoisotopic (exact) mass is 421 g/mol. The third-order valence-corrected chi connectivity index (χ3v) is 3.80. The Bertz CT molecular complexity index is 709. The van der Waals surface area contributed by atoms with E-state index in [2.05, 4.69) is 30.9 Å². The van der Waals surface area contributed by atoms with Crippen molar-refractivity contribution in [2.75, 3.05) is 68.6 Å². The number of benzene rings is 1. The minimum Gasteiger partial charge on any atom is -0.394 e.